The Bertz CT molecular complexity index is 414. The van der Waals surface area contributed by atoms with E-state index in [1.807, 2.05) is 0 Å². The predicted octanol–water partition coefficient (Wildman–Crippen LogP) is 3.98. The first-order valence-electron chi connectivity index (χ1n) is 6.92. The molecule has 4 heteroatoms. The molecule has 1 aromatic rings. The molecule has 1 aliphatic rings. The van der Waals surface area contributed by atoms with E-state index in [4.69, 9.17) is 9.97 Å². The number of halogens is 1. The number of nitrogens with one attached hydrogen (secondary N) is 1. The van der Waals surface area contributed by atoms with Crippen LogP contribution in [0.4, 0.5) is 5.82 Å². The van der Waals surface area contributed by atoms with E-state index in [2.05, 4.69) is 48.7 Å². The minimum absolute atomic E-state index is 0.608. The molecular formula is C14H22IN3. The number of rotatable bonds is 6. The van der Waals surface area contributed by atoms with E-state index in [9.17, 15) is 0 Å². The van der Waals surface area contributed by atoms with E-state index in [1.165, 1.54) is 22.1 Å². The van der Waals surface area contributed by atoms with Gasteiger partial charge in [0, 0.05) is 18.9 Å². The molecule has 0 bridgehead atoms. The van der Waals surface area contributed by atoms with Crippen molar-refractivity contribution < 1.29 is 0 Å². The molecule has 0 saturated heterocycles. The van der Waals surface area contributed by atoms with E-state index >= 15 is 0 Å². The molecule has 0 unspecified atom stereocenters. The fourth-order valence-electron chi connectivity index (χ4n) is 1.96. The molecule has 1 saturated carbocycles. The van der Waals surface area contributed by atoms with Gasteiger partial charge in [0.1, 0.15) is 11.6 Å². The third-order valence-corrected chi connectivity index (χ3v) is 4.08. The molecule has 0 amide bonds. The highest BCUT2D eigenvalue weighted by Crippen LogP contribution is 2.42. The van der Waals surface area contributed by atoms with Crippen molar-refractivity contribution in [2.75, 3.05) is 11.9 Å². The van der Waals surface area contributed by atoms with Crippen LogP contribution < -0.4 is 5.32 Å². The van der Waals surface area contributed by atoms with Crippen molar-refractivity contribution >= 4 is 28.4 Å². The van der Waals surface area contributed by atoms with Gasteiger partial charge in [-0.1, -0.05) is 20.8 Å². The summed E-state index contributed by atoms with van der Waals surface area (Å²) in [6, 6.07) is 0. The number of nitrogens with zero attached hydrogens (tertiary/aromatic N) is 2. The Morgan fingerprint density at radius 1 is 1.33 bits per heavy atom. The zero-order valence-corrected chi connectivity index (χ0v) is 13.6. The topological polar surface area (TPSA) is 37.8 Å². The van der Waals surface area contributed by atoms with Gasteiger partial charge in [0.05, 0.1) is 9.26 Å². The van der Waals surface area contributed by atoms with Crippen molar-refractivity contribution in [3.8, 4) is 0 Å². The summed E-state index contributed by atoms with van der Waals surface area (Å²) in [6.45, 7) is 7.60. The van der Waals surface area contributed by atoms with Crippen LogP contribution in [0.3, 0.4) is 0 Å². The lowest BCUT2D eigenvalue weighted by atomic mass is 10.1. The molecule has 1 heterocycles. The highest BCUT2D eigenvalue weighted by Gasteiger charge is 2.29. The molecule has 1 fully saturated rings. The SMILES string of the molecule is CCCNc1nc(CC(C)C)nc(C2CC2)c1I. The predicted molar refractivity (Wildman–Crippen MR) is 84.0 cm³/mol. The van der Waals surface area contributed by atoms with Crippen molar-refractivity contribution in [2.45, 2.75) is 52.4 Å². The number of hydrogen-bond donors (Lipinski definition) is 1. The van der Waals surface area contributed by atoms with Gasteiger partial charge in [-0.2, -0.15) is 0 Å². The maximum atomic E-state index is 4.78. The van der Waals surface area contributed by atoms with Crippen LogP contribution in [0.1, 0.15) is 57.5 Å². The lowest BCUT2D eigenvalue weighted by Gasteiger charge is -2.13. The van der Waals surface area contributed by atoms with Crippen molar-refractivity contribution in [1.29, 1.82) is 0 Å². The summed E-state index contributed by atoms with van der Waals surface area (Å²) in [7, 11) is 0. The van der Waals surface area contributed by atoms with E-state index in [0.717, 1.165) is 31.0 Å². The molecule has 2 rings (SSSR count). The van der Waals surface area contributed by atoms with Crippen LogP contribution in [0.15, 0.2) is 0 Å². The van der Waals surface area contributed by atoms with Crippen LogP contribution in [-0.4, -0.2) is 16.5 Å². The fraction of sp³-hybridized carbons (Fsp3) is 0.714. The summed E-state index contributed by atoms with van der Waals surface area (Å²) < 4.78 is 1.23. The average molecular weight is 359 g/mol. The smallest absolute Gasteiger partial charge is 0.143 e. The van der Waals surface area contributed by atoms with Crippen LogP contribution in [0.5, 0.6) is 0 Å². The van der Waals surface area contributed by atoms with Crippen LogP contribution in [0.25, 0.3) is 0 Å². The monoisotopic (exact) mass is 359 g/mol. The van der Waals surface area contributed by atoms with E-state index < -0.39 is 0 Å². The largest absolute Gasteiger partial charge is 0.369 e. The second-order valence-electron chi connectivity index (χ2n) is 5.49. The molecule has 100 valence electrons. The molecule has 1 aliphatic carbocycles. The zero-order chi connectivity index (χ0) is 13.1. The molecule has 18 heavy (non-hydrogen) atoms. The first kappa shape index (κ1) is 14.0. The maximum absolute atomic E-state index is 4.78. The zero-order valence-electron chi connectivity index (χ0n) is 11.5. The summed E-state index contributed by atoms with van der Waals surface area (Å²) in [5.74, 6) is 3.35. The van der Waals surface area contributed by atoms with Gasteiger partial charge in [-0.15, -0.1) is 0 Å². The van der Waals surface area contributed by atoms with E-state index in [-0.39, 0.29) is 0 Å². The van der Waals surface area contributed by atoms with Crippen LogP contribution in [0, 0.1) is 9.49 Å². The second-order valence-corrected chi connectivity index (χ2v) is 6.57. The number of aromatic nitrogens is 2. The fourth-order valence-corrected chi connectivity index (χ4v) is 2.83. The molecule has 1 N–H and O–H groups in total. The Morgan fingerprint density at radius 2 is 2.06 bits per heavy atom. The molecule has 0 atom stereocenters. The number of anilines is 1. The second kappa shape index (κ2) is 6.17. The van der Waals surface area contributed by atoms with E-state index in [0.29, 0.717) is 11.8 Å². The van der Waals surface area contributed by atoms with Gasteiger partial charge < -0.3 is 5.32 Å². The summed E-state index contributed by atoms with van der Waals surface area (Å²) in [6.07, 6.45) is 4.68. The Kier molecular flexibility index (Phi) is 4.81. The highest BCUT2D eigenvalue weighted by atomic mass is 127. The molecule has 0 spiro atoms. The molecule has 3 nitrogen and oxygen atoms in total. The summed E-state index contributed by atoms with van der Waals surface area (Å²) in [4.78, 5) is 9.48. The Labute approximate surface area is 123 Å². The maximum Gasteiger partial charge on any atom is 0.143 e. The Morgan fingerprint density at radius 3 is 2.61 bits per heavy atom. The van der Waals surface area contributed by atoms with Crippen LogP contribution >= 0.6 is 22.6 Å². The van der Waals surface area contributed by atoms with Gasteiger partial charge in [-0.25, -0.2) is 9.97 Å². The molecular weight excluding hydrogens is 337 g/mol. The van der Waals surface area contributed by atoms with Gasteiger partial charge in [0.25, 0.3) is 0 Å². The van der Waals surface area contributed by atoms with Crippen molar-refractivity contribution in [1.82, 2.24) is 9.97 Å². The van der Waals surface area contributed by atoms with Gasteiger partial charge in [-0.05, 0) is 47.8 Å². The van der Waals surface area contributed by atoms with Crippen molar-refractivity contribution in [2.24, 2.45) is 5.92 Å². The van der Waals surface area contributed by atoms with Gasteiger partial charge >= 0.3 is 0 Å². The molecule has 0 aliphatic heterocycles. The van der Waals surface area contributed by atoms with Gasteiger partial charge in [0.15, 0.2) is 0 Å². The summed E-state index contributed by atoms with van der Waals surface area (Å²) in [5.41, 5.74) is 1.28. The molecule has 0 aromatic carbocycles. The standard InChI is InChI=1S/C14H22IN3/c1-4-7-16-14-12(15)13(10-5-6-10)17-11(18-14)8-9(2)3/h9-10H,4-8H2,1-3H3,(H,16,17,18). The van der Waals surface area contributed by atoms with Crippen molar-refractivity contribution in [3.63, 3.8) is 0 Å². The lowest BCUT2D eigenvalue weighted by molar-refractivity contribution is 0.617. The summed E-state index contributed by atoms with van der Waals surface area (Å²) >= 11 is 2.40. The van der Waals surface area contributed by atoms with E-state index in [1.54, 1.807) is 0 Å². The highest BCUT2D eigenvalue weighted by molar-refractivity contribution is 14.1. The third-order valence-electron chi connectivity index (χ3n) is 3.02. The minimum Gasteiger partial charge on any atom is -0.369 e. The van der Waals surface area contributed by atoms with Crippen molar-refractivity contribution in [3.05, 3.63) is 15.1 Å². The van der Waals surface area contributed by atoms with Gasteiger partial charge in [-0.3, -0.25) is 0 Å². The minimum atomic E-state index is 0.608. The Hall–Kier alpha value is -0.390. The normalized spacial score (nSPS) is 15.2. The number of hydrogen-bond acceptors (Lipinski definition) is 3. The average Bonchev–Trinajstić information content (AvgIpc) is 3.12. The molecule has 1 aromatic heterocycles. The quantitative estimate of drug-likeness (QED) is 0.781. The lowest BCUT2D eigenvalue weighted by Crippen LogP contribution is -2.11. The van der Waals surface area contributed by atoms with Gasteiger partial charge in [0.2, 0.25) is 0 Å². The van der Waals surface area contributed by atoms with Crippen LogP contribution in [0.2, 0.25) is 0 Å². The first-order chi connectivity index (χ1) is 8.61. The third kappa shape index (κ3) is 3.56. The summed E-state index contributed by atoms with van der Waals surface area (Å²) in [5, 5.41) is 3.44. The Balaban J connectivity index is 2.27. The molecule has 0 radical (unpaired) electrons. The first-order valence-corrected chi connectivity index (χ1v) is 7.99. The van der Waals surface area contributed by atoms with Crippen LogP contribution in [-0.2, 0) is 6.42 Å².